The summed E-state index contributed by atoms with van der Waals surface area (Å²) >= 11 is 0. The zero-order chi connectivity index (χ0) is 8.81. The van der Waals surface area contributed by atoms with E-state index in [9.17, 15) is 0 Å². The molecule has 0 saturated carbocycles. The van der Waals surface area contributed by atoms with Gasteiger partial charge in [0, 0.05) is 11.9 Å². The SMILES string of the molecule is Cc1ccc[nH]1.Cc1ccco1. The molecule has 1 N–H and O–H groups in total. The number of H-pyrrole nitrogens is 1. The lowest BCUT2D eigenvalue weighted by Gasteiger charge is -1.70. The molecule has 0 aliphatic carbocycles. The second-order valence-electron chi connectivity index (χ2n) is 2.58. The van der Waals surface area contributed by atoms with Gasteiger partial charge >= 0.3 is 0 Å². The van der Waals surface area contributed by atoms with Gasteiger partial charge in [0.15, 0.2) is 0 Å². The molecule has 2 nitrogen and oxygen atoms in total. The number of nitrogens with one attached hydrogen (secondary N) is 1. The molecule has 2 heteroatoms. The fraction of sp³-hybridized carbons (Fsp3) is 0.200. The summed E-state index contributed by atoms with van der Waals surface area (Å²) in [4.78, 5) is 3.00. The lowest BCUT2D eigenvalue weighted by Crippen LogP contribution is -1.59. The van der Waals surface area contributed by atoms with E-state index in [0.717, 1.165) is 5.76 Å². The fourth-order valence-corrected chi connectivity index (χ4v) is 0.781. The monoisotopic (exact) mass is 163 g/mol. The highest BCUT2D eigenvalue weighted by molar-refractivity contribution is 4.99. The van der Waals surface area contributed by atoms with Crippen molar-refractivity contribution in [2.45, 2.75) is 13.8 Å². The van der Waals surface area contributed by atoms with Crippen molar-refractivity contribution in [2.24, 2.45) is 0 Å². The average Bonchev–Trinajstić information content (AvgIpc) is 2.63. The molecule has 64 valence electrons. The maximum atomic E-state index is 4.83. The van der Waals surface area contributed by atoms with E-state index in [-0.39, 0.29) is 0 Å². The predicted molar refractivity (Wildman–Crippen MR) is 49.0 cm³/mol. The summed E-state index contributed by atoms with van der Waals surface area (Å²) in [6.45, 7) is 3.94. The van der Waals surface area contributed by atoms with E-state index in [4.69, 9.17) is 4.42 Å². The summed E-state index contributed by atoms with van der Waals surface area (Å²) in [5.41, 5.74) is 1.22. The molecule has 0 aliphatic heterocycles. The van der Waals surface area contributed by atoms with E-state index in [1.54, 1.807) is 6.26 Å². The number of aromatic amines is 1. The Kier molecular flexibility index (Phi) is 3.20. The van der Waals surface area contributed by atoms with E-state index < -0.39 is 0 Å². The molecular weight excluding hydrogens is 150 g/mol. The summed E-state index contributed by atoms with van der Waals surface area (Å²) in [5.74, 6) is 0.968. The molecule has 0 amide bonds. The molecule has 0 atom stereocenters. The van der Waals surface area contributed by atoms with Crippen LogP contribution >= 0.6 is 0 Å². The van der Waals surface area contributed by atoms with Gasteiger partial charge < -0.3 is 9.40 Å². The van der Waals surface area contributed by atoms with Crippen molar-refractivity contribution < 1.29 is 4.42 Å². The van der Waals surface area contributed by atoms with Crippen LogP contribution in [-0.2, 0) is 0 Å². The predicted octanol–water partition coefficient (Wildman–Crippen LogP) is 2.91. The minimum atomic E-state index is 0.968. The molecule has 0 aliphatic rings. The van der Waals surface area contributed by atoms with Crippen LogP contribution in [0.15, 0.2) is 41.1 Å². The number of hydrogen-bond donors (Lipinski definition) is 1. The lowest BCUT2D eigenvalue weighted by atomic mass is 10.5. The van der Waals surface area contributed by atoms with Crippen LogP contribution in [0.1, 0.15) is 11.5 Å². The topological polar surface area (TPSA) is 28.9 Å². The van der Waals surface area contributed by atoms with Gasteiger partial charge in [0.1, 0.15) is 5.76 Å². The van der Waals surface area contributed by atoms with Crippen LogP contribution in [0.4, 0.5) is 0 Å². The zero-order valence-electron chi connectivity index (χ0n) is 7.37. The van der Waals surface area contributed by atoms with E-state index in [0.29, 0.717) is 0 Å². The van der Waals surface area contributed by atoms with E-state index in [1.165, 1.54) is 5.69 Å². The zero-order valence-corrected chi connectivity index (χ0v) is 7.37. The number of furan rings is 1. The van der Waals surface area contributed by atoms with E-state index in [1.807, 2.05) is 44.3 Å². The molecule has 12 heavy (non-hydrogen) atoms. The van der Waals surface area contributed by atoms with Crippen molar-refractivity contribution in [3.8, 4) is 0 Å². The second kappa shape index (κ2) is 4.44. The Morgan fingerprint density at radius 1 is 1.17 bits per heavy atom. The standard InChI is InChI=1S/C5H7N.C5H6O/c2*1-5-3-2-4-6-5/h2-4,6H,1H3;2-4H,1H3. The minimum Gasteiger partial charge on any atom is -0.470 e. The summed E-state index contributed by atoms with van der Waals surface area (Å²) in [5, 5.41) is 0. The number of rotatable bonds is 0. The van der Waals surface area contributed by atoms with Gasteiger partial charge in [0.25, 0.3) is 0 Å². The van der Waals surface area contributed by atoms with Crippen LogP contribution < -0.4 is 0 Å². The molecule has 2 aromatic heterocycles. The van der Waals surface area contributed by atoms with E-state index >= 15 is 0 Å². The van der Waals surface area contributed by atoms with Gasteiger partial charge in [-0.3, -0.25) is 0 Å². The van der Waals surface area contributed by atoms with E-state index in [2.05, 4.69) is 4.98 Å². The first-order valence-electron chi connectivity index (χ1n) is 3.89. The van der Waals surface area contributed by atoms with Crippen molar-refractivity contribution in [3.63, 3.8) is 0 Å². The van der Waals surface area contributed by atoms with Crippen LogP contribution in [0.5, 0.6) is 0 Å². The van der Waals surface area contributed by atoms with Gasteiger partial charge in [0.2, 0.25) is 0 Å². The van der Waals surface area contributed by atoms with Gasteiger partial charge in [-0.25, -0.2) is 0 Å². The minimum absolute atomic E-state index is 0.968. The van der Waals surface area contributed by atoms with Gasteiger partial charge in [-0.15, -0.1) is 0 Å². The van der Waals surface area contributed by atoms with Crippen molar-refractivity contribution in [2.75, 3.05) is 0 Å². The Morgan fingerprint density at radius 3 is 2.17 bits per heavy atom. The molecule has 2 heterocycles. The number of aryl methyl sites for hydroxylation is 2. The summed E-state index contributed by atoms with van der Waals surface area (Å²) < 4.78 is 4.83. The quantitative estimate of drug-likeness (QED) is 0.635. The third kappa shape index (κ3) is 3.10. The first-order valence-corrected chi connectivity index (χ1v) is 3.89. The van der Waals surface area contributed by atoms with Gasteiger partial charge in [-0.05, 0) is 38.1 Å². The first kappa shape index (κ1) is 8.65. The average molecular weight is 163 g/mol. The molecule has 0 fully saturated rings. The molecule has 0 aromatic carbocycles. The molecule has 2 rings (SSSR count). The van der Waals surface area contributed by atoms with Crippen LogP contribution in [0.25, 0.3) is 0 Å². The first-order chi connectivity index (χ1) is 5.79. The third-order valence-electron chi connectivity index (χ3n) is 1.42. The smallest absolute Gasteiger partial charge is 0.100 e. The third-order valence-corrected chi connectivity index (χ3v) is 1.42. The Balaban J connectivity index is 0.000000120. The van der Waals surface area contributed by atoms with Crippen LogP contribution in [0.2, 0.25) is 0 Å². The van der Waals surface area contributed by atoms with Crippen molar-refractivity contribution >= 4 is 0 Å². The Bertz CT molecular complexity index is 249. The molecule has 0 radical (unpaired) electrons. The van der Waals surface area contributed by atoms with Gasteiger partial charge in [-0.1, -0.05) is 0 Å². The maximum absolute atomic E-state index is 4.83. The van der Waals surface area contributed by atoms with Crippen molar-refractivity contribution in [1.29, 1.82) is 0 Å². The number of aromatic nitrogens is 1. The second-order valence-corrected chi connectivity index (χ2v) is 2.58. The number of hydrogen-bond acceptors (Lipinski definition) is 1. The normalized spacial score (nSPS) is 8.83. The summed E-state index contributed by atoms with van der Waals surface area (Å²) in [7, 11) is 0. The summed E-state index contributed by atoms with van der Waals surface area (Å²) in [6.07, 6.45) is 3.57. The van der Waals surface area contributed by atoms with Crippen LogP contribution in [-0.4, -0.2) is 4.98 Å². The Morgan fingerprint density at radius 2 is 2.00 bits per heavy atom. The summed E-state index contributed by atoms with van der Waals surface area (Å²) in [6, 6.07) is 7.80. The van der Waals surface area contributed by atoms with Crippen LogP contribution in [0.3, 0.4) is 0 Å². The highest BCUT2D eigenvalue weighted by atomic mass is 16.3. The Labute approximate surface area is 72.2 Å². The van der Waals surface area contributed by atoms with Crippen molar-refractivity contribution in [3.05, 3.63) is 48.2 Å². The lowest BCUT2D eigenvalue weighted by molar-refractivity contribution is 0.534. The molecule has 2 aromatic rings. The molecule has 0 unspecified atom stereocenters. The molecular formula is C10H13NO. The highest BCUT2D eigenvalue weighted by Gasteiger charge is 1.76. The van der Waals surface area contributed by atoms with Gasteiger partial charge in [-0.2, -0.15) is 0 Å². The molecule has 0 bridgehead atoms. The van der Waals surface area contributed by atoms with Gasteiger partial charge in [0.05, 0.1) is 6.26 Å². The largest absolute Gasteiger partial charge is 0.470 e. The molecule has 0 spiro atoms. The van der Waals surface area contributed by atoms with Crippen molar-refractivity contribution in [1.82, 2.24) is 4.98 Å². The fourth-order valence-electron chi connectivity index (χ4n) is 0.781. The maximum Gasteiger partial charge on any atom is 0.100 e. The molecule has 0 saturated heterocycles. The highest BCUT2D eigenvalue weighted by Crippen LogP contribution is 1.93. The Hall–Kier alpha value is -1.44. The van der Waals surface area contributed by atoms with Crippen LogP contribution in [0, 0.1) is 13.8 Å².